The van der Waals surface area contributed by atoms with Crippen molar-refractivity contribution in [3.63, 3.8) is 0 Å². The largest absolute Gasteiger partial charge is 0.492 e. The molecule has 1 rings (SSSR count). The molecule has 3 nitrogen and oxygen atoms in total. The minimum atomic E-state index is -4.30. The molecule has 0 unspecified atom stereocenters. The van der Waals surface area contributed by atoms with E-state index in [0.29, 0.717) is 18.9 Å². The molecular formula is C13H19F3N2O. The van der Waals surface area contributed by atoms with E-state index < -0.39 is 11.7 Å². The van der Waals surface area contributed by atoms with E-state index in [2.05, 4.69) is 10.2 Å². The summed E-state index contributed by atoms with van der Waals surface area (Å²) < 4.78 is 42.3. The van der Waals surface area contributed by atoms with Crippen LogP contribution in [0.4, 0.5) is 13.2 Å². The number of hydrogen-bond acceptors (Lipinski definition) is 3. The van der Waals surface area contributed by atoms with E-state index in [1.165, 1.54) is 12.1 Å². The van der Waals surface area contributed by atoms with Crippen molar-refractivity contribution in [2.24, 2.45) is 0 Å². The summed E-state index contributed by atoms with van der Waals surface area (Å²) in [6.07, 6.45) is -4.30. The number of hydrogen-bond donors (Lipinski definition) is 1. The van der Waals surface area contributed by atoms with Gasteiger partial charge in [0.25, 0.3) is 0 Å². The Hall–Kier alpha value is -1.27. The van der Waals surface area contributed by atoms with Crippen LogP contribution in [-0.4, -0.2) is 45.2 Å². The van der Waals surface area contributed by atoms with Crippen LogP contribution < -0.4 is 10.1 Å². The zero-order valence-corrected chi connectivity index (χ0v) is 11.1. The van der Waals surface area contributed by atoms with E-state index >= 15 is 0 Å². The van der Waals surface area contributed by atoms with Crippen LogP contribution in [0.25, 0.3) is 0 Å². The molecule has 0 aliphatic heterocycles. The van der Waals surface area contributed by atoms with Crippen molar-refractivity contribution < 1.29 is 17.9 Å². The lowest BCUT2D eigenvalue weighted by molar-refractivity contribution is -0.137. The molecule has 0 bridgehead atoms. The highest BCUT2D eigenvalue weighted by Crippen LogP contribution is 2.30. The Morgan fingerprint density at radius 1 is 1.11 bits per heavy atom. The molecule has 1 N–H and O–H groups in total. The fourth-order valence-electron chi connectivity index (χ4n) is 1.41. The molecule has 0 aliphatic carbocycles. The zero-order valence-electron chi connectivity index (χ0n) is 11.1. The monoisotopic (exact) mass is 276 g/mol. The number of nitrogens with one attached hydrogen (secondary N) is 1. The van der Waals surface area contributed by atoms with Crippen LogP contribution in [0, 0.1) is 0 Å². The van der Waals surface area contributed by atoms with E-state index in [0.717, 1.165) is 25.2 Å². The molecule has 108 valence electrons. The van der Waals surface area contributed by atoms with E-state index in [1.54, 1.807) is 0 Å². The van der Waals surface area contributed by atoms with E-state index in [1.807, 2.05) is 14.1 Å². The van der Waals surface area contributed by atoms with Gasteiger partial charge in [-0.05, 0) is 38.4 Å². The molecule has 6 heteroatoms. The number of halogens is 3. The first-order chi connectivity index (χ1) is 8.89. The van der Waals surface area contributed by atoms with E-state index in [9.17, 15) is 13.2 Å². The van der Waals surface area contributed by atoms with Crippen LogP contribution >= 0.6 is 0 Å². The van der Waals surface area contributed by atoms with Crippen LogP contribution in [0.5, 0.6) is 5.75 Å². The Morgan fingerprint density at radius 3 is 2.26 bits per heavy atom. The van der Waals surface area contributed by atoms with Gasteiger partial charge in [-0.15, -0.1) is 0 Å². The van der Waals surface area contributed by atoms with Gasteiger partial charge in [0.1, 0.15) is 12.4 Å². The SMILES string of the molecule is CN(C)CCNCCOc1ccc(C(F)(F)F)cc1. The second kappa shape index (κ2) is 7.35. The Kier molecular flexibility index (Phi) is 6.11. The van der Waals surface area contributed by atoms with Crippen LogP contribution in [0.3, 0.4) is 0 Å². The van der Waals surface area contributed by atoms with Crippen molar-refractivity contribution >= 4 is 0 Å². The fourth-order valence-corrected chi connectivity index (χ4v) is 1.41. The first kappa shape index (κ1) is 15.8. The lowest BCUT2D eigenvalue weighted by Gasteiger charge is -2.11. The normalized spacial score (nSPS) is 11.9. The number of alkyl halides is 3. The summed E-state index contributed by atoms with van der Waals surface area (Å²) in [5.41, 5.74) is -0.663. The highest BCUT2D eigenvalue weighted by Gasteiger charge is 2.29. The second-order valence-corrected chi connectivity index (χ2v) is 4.42. The molecule has 0 aromatic heterocycles. The van der Waals surface area contributed by atoms with E-state index in [-0.39, 0.29) is 0 Å². The van der Waals surface area contributed by atoms with Gasteiger partial charge in [-0.3, -0.25) is 0 Å². The van der Waals surface area contributed by atoms with Gasteiger partial charge in [0.2, 0.25) is 0 Å². The smallest absolute Gasteiger partial charge is 0.416 e. The summed E-state index contributed by atoms with van der Waals surface area (Å²) >= 11 is 0. The van der Waals surface area contributed by atoms with Crippen molar-refractivity contribution in [1.82, 2.24) is 10.2 Å². The minimum absolute atomic E-state index is 0.429. The molecule has 0 aliphatic rings. The van der Waals surface area contributed by atoms with Gasteiger partial charge in [-0.1, -0.05) is 0 Å². The maximum atomic E-state index is 12.3. The summed E-state index contributed by atoms with van der Waals surface area (Å²) in [5, 5.41) is 3.18. The predicted molar refractivity (Wildman–Crippen MR) is 68.4 cm³/mol. The molecule has 0 amide bonds. The molecule has 1 aromatic carbocycles. The molecule has 19 heavy (non-hydrogen) atoms. The number of benzene rings is 1. The van der Waals surface area contributed by atoms with Crippen LogP contribution in [0.2, 0.25) is 0 Å². The van der Waals surface area contributed by atoms with Gasteiger partial charge < -0.3 is 15.0 Å². The van der Waals surface area contributed by atoms with Crippen LogP contribution in [0.1, 0.15) is 5.56 Å². The number of likely N-dealkylation sites (N-methyl/N-ethyl adjacent to an activating group) is 1. The average molecular weight is 276 g/mol. The zero-order chi connectivity index (χ0) is 14.3. The third kappa shape index (κ3) is 6.45. The quantitative estimate of drug-likeness (QED) is 0.773. The molecule has 0 atom stereocenters. The Bertz CT molecular complexity index is 363. The van der Waals surface area contributed by atoms with Gasteiger partial charge >= 0.3 is 6.18 Å². The van der Waals surface area contributed by atoms with Crippen LogP contribution in [-0.2, 0) is 6.18 Å². The van der Waals surface area contributed by atoms with Crippen molar-refractivity contribution in [3.05, 3.63) is 29.8 Å². The lowest BCUT2D eigenvalue weighted by Crippen LogP contribution is -2.29. The van der Waals surface area contributed by atoms with Crippen molar-refractivity contribution in [2.45, 2.75) is 6.18 Å². The van der Waals surface area contributed by atoms with Gasteiger partial charge in [0, 0.05) is 19.6 Å². The Labute approximate surface area is 111 Å². The van der Waals surface area contributed by atoms with Crippen molar-refractivity contribution in [3.8, 4) is 5.75 Å². The molecule has 0 saturated carbocycles. The molecule has 0 fully saturated rings. The predicted octanol–water partition coefficient (Wildman–Crippen LogP) is 2.24. The van der Waals surface area contributed by atoms with E-state index in [4.69, 9.17) is 4.74 Å². The molecule has 0 radical (unpaired) electrons. The standard InChI is InChI=1S/C13H19F3N2O/c1-18(2)9-7-17-8-10-19-12-5-3-11(4-6-12)13(14,15)16/h3-6,17H,7-10H2,1-2H3. The number of ether oxygens (including phenoxy) is 1. The first-order valence-corrected chi connectivity index (χ1v) is 6.05. The van der Waals surface area contributed by atoms with Crippen molar-refractivity contribution in [2.75, 3.05) is 40.3 Å². The highest BCUT2D eigenvalue weighted by molar-refractivity contribution is 5.28. The number of nitrogens with zero attached hydrogens (tertiary/aromatic N) is 1. The Balaban J connectivity index is 2.23. The summed E-state index contributed by atoms with van der Waals surface area (Å²) in [5.74, 6) is 0.447. The van der Waals surface area contributed by atoms with Gasteiger partial charge in [-0.2, -0.15) is 13.2 Å². The fraction of sp³-hybridized carbons (Fsp3) is 0.538. The number of rotatable bonds is 7. The molecule has 1 aromatic rings. The average Bonchev–Trinajstić information content (AvgIpc) is 2.32. The Morgan fingerprint density at radius 2 is 1.74 bits per heavy atom. The molecular weight excluding hydrogens is 257 g/mol. The lowest BCUT2D eigenvalue weighted by atomic mass is 10.2. The second-order valence-electron chi connectivity index (χ2n) is 4.42. The first-order valence-electron chi connectivity index (χ1n) is 6.05. The minimum Gasteiger partial charge on any atom is -0.492 e. The van der Waals surface area contributed by atoms with Crippen LogP contribution in [0.15, 0.2) is 24.3 Å². The molecule has 0 heterocycles. The maximum Gasteiger partial charge on any atom is 0.416 e. The van der Waals surface area contributed by atoms with Gasteiger partial charge in [0.15, 0.2) is 0 Å². The maximum absolute atomic E-state index is 12.3. The van der Waals surface area contributed by atoms with Gasteiger partial charge in [-0.25, -0.2) is 0 Å². The third-order valence-electron chi connectivity index (χ3n) is 2.47. The van der Waals surface area contributed by atoms with Gasteiger partial charge in [0.05, 0.1) is 5.56 Å². The van der Waals surface area contributed by atoms with Crippen molar-refractivity contribution in [1.29, 1.82) is 0 Å². The summed E-state index contributed by atoms with van der Waals surface area (Å²) in [6, 6.07) is 4.72. The third-order valence-corrected chi connectivity index (χ3v) is 2.47. The summed E-state index contributed by atoms with van der Waals surface area (Å²) in [6.45, 7) is 2.87. The molecule has 0 saturated heterocycles. The summed E-state index contributed by atoms with van der Waals surface area (Å²) in [4.78, 5) is 2.06. The molecule has 0 spiro atoms. The highest BCUT2D eigenvalue weighted by atomic mass is 19.4. The topological polar surface area (TPSA) is 24.5 Å². The summed E-state index contributed by atoms with van der Waals surface area (Å²) in [7, 11) is 3.97.